The smallest absolute Gasteiger partial charge is 0.238 e. The Morgan fingerprint density at radius 2 is 2.12 bits per heavy atom. The molecule has 2 rings (SSSR count). The molecule has 0 radical (unpaired) electrons. The molecule has 0 unspecified atom stereocenters. The molecule has 2 aromatic rings. The molecule has 0 saturated heterocycles. The molecule has 6 heteroatoms. The summed E-state index contributed by atoms with van der Waals surface area (Å²) in [4.78, 5) is 4.91. The fraction of sp³-hybridized carbons (Fsp3) is 0.100. The van der Waals surface area contributed by atoms with Crippen molar-refractivity contribution in [3.63, 3.8) is 0 Å². The van der Waals surface area contributed by atoms with E-state index in [1.807, 2.05) is 12.3 Å². The van der Waals surface area contributed by atoms with Gasteiger partial charge in [-0.1, -0.05) is 0 Å². The molecule has 0 saturated carbocycles. The zero-order chi connectivity index (χ0) is 11.8. The molecule has 0 aliphatic rings. The largest absolute Gasteiger partial charge is 0.264 e. The van der Waals surface area contributed by atoms with Crippen molar-refractivity contribution < 1.29 is 8.42 Å². The molecule has 4 nitrogen and oxygen atoms in total. The van der Waals surface area contributed by atoms with E-state index in [1.165, 1.54) is 18.0 Å². The Bertz CT molecular complexity index is 638. The monoisotopic (exact) mass is 254 g/mol. The lowest BCUT2D eigenvalue weighted by molar-refractivity contribution is 0.598. The lowest BCUT2D eigenvalue weighted by Gasteiger charge is -2.06. The summed E-state index contributed by atoms with van der Waals surface area (Å²) in [7, 11) is -3.72. The molecule has 1 aromatic carbocycles. The van der Waals surface area contributed by atoms with Crippen LogP contribution in [0.4, 0.5) is 0 Å². The highest BCUT2D eigenvalue weighted by atomic mass is 32.2. The minimum absolute atomic E-state index is 0.127. The molecule has 2 N–H and O–H groups in total. The van der Waals surface area contributed by atoms with Gasteiger partial charge in [0.2, 0.25) is 10.0 Å². The highest BCUT2D eigenvalue weighted by Gasteiger charge is 2.13. The van der Waals surface area contributed by atoms with Crippen molar-refractivity contribution >= 4 is 32.6 Å². The second kappa shape index (κ2) is 4.04. The molecule has 1 aromatic heterocycles. The number of fused-ring (bicyclic) bond motifs is 1. The van der Waals surface area contributed by atoms with Crippen LogP contribution in [-0.4, -0.2) is 19.7 Å². The number of hydrogen-bond acceptors (Lipinski definition) is 4. The molecule has 0 aliphatic heterocycles. The van der Waals surface area contributed by atoms with Crippen LogP contribution in [0, 0.1) is 0 Å². The van der Waals surface area contributed by atoms with E-state index in [2.05, 4.69) is 4.98 Å². The van der Waals surface area contributed by atoms with Crippen molar-refractivity contribution in [1.82, 2.24) is 4.98 Å². The first-order valence-electron chi connectivity index (χ1n) is 4.47. The number of nitrogens with zero attached hydrogens (tertiary/aromatic N) is 1. The molecule has 0 aliphatic carbocycles. The second-order valence-corrected chi connectivity index (χ2v) is 5.68. The van der Waals surface area contributed by atoms with Crippen molar-refractivity contribution in [3.05, 3.63) is 30.6 Å². The van der Waals surface area contributed by atoms with Gasteiger partial charge in [-0.3, -0.25) is 4.98 Å². The number of sulfonamides is 1. The number of benzene rings is 1. The van der Waals surface area contributed by atoms with Gasteiger partial charge in [-0.15, -0.1) is 11.8 Å². The first kappa shape index (κ1) is 11.4. The summed E-state index contributed by atoms with van der Waals surface area (Å²) in [5.74, 6) is 0. The normalized spacial score (nSPS) is 11.9. The third kappa shape index (κ3) is 2.04. The molecular formula is C10H10N2O2S2. The average Bonchev–Trinajstić information content (AvgIpc) is 2.26. The van der Waals surface area contributed by atoms with Gasteiger partial charge in [0.15, 0.2) is 0 Å². The van der Waals surface area contributed by atoms with Crippen molar-refractivity contribution in [2.45, 2.75) is 9.79 Å². The summed E-state index contributed by atoms with van der Waals surface area (Å²) in [6.07, 6.45) is 5.02. The van der Waals surface area contributed by atoms with Crippen LogP contribution >= 0.6 is 11.8 Å². The minimum Gasteiger partial charge on any atom is -0.264 e. The highest BCUT2D eigenvalue weighted by Crippen LogP contribution is 2.27. The number of hydrogen-bond donors (Lipinski definition) is 1. The molecule has 0 fully saturated rings. The van der Waals surface area contributed by atoms with Gasteiger partial charge in [-0.2, -0.15) is 0 Å². The van der Waals surface area contributed by atoms with E-state index >= 15 is 0 Å². The Morgan fingerprint density at radius 1 is 1.38 bits per heavy atom. The minimum atomic E-state index is -3.72. The maximum absolute atomic E-state index is 11.5. The number of rotatable bonds is 2. The Labute approximate surface area is 97.9 Å². The van der Waals surface area contributed by atoms with Gasteiger partial charge in [-0.25, -0.2) is 13.6 Å². The molecule has 84 valence electrons. The van der Waals surface area contributed by atoms with E-state index in [0.717, 1.165) is 10.3 Å². The maximum Gasteiger partial charge on any atom is 0.238 e. The van der Waals surface area contributed by atoms with E-state index in [9.17, 15) is 8.42 Å². The van der Waals surface area contributed by atoms with Gasteiger partial charge in [-0.05, 0) is 29.8 Å². The summed E-state index contributed by atoms with van der Waals surface area (Å²) < 4.78 is 22.9. The summed E-state index contributed by atoms with van der Waals surface area (Å²) in [5, 5.41) is 6.56. The SMILES string of the molecule is CSc1cc(S(N)(=O)=O)c2cnccc2c1. The van der Waals surface area contributed by atoms with Gasteiger partial charge in [0.1, 0.15) is 0 Å². The number of thioether (sulfide) groups is 1. The lowest BCUT2D eigenvalue weighted by atomic mass is 10.2. The zero-order valence-electron chi connectivity index (χ0n) is 8.54. The Morgan fingerprint density at radius 3 is 2.75 bits per heavy atom. The van der Waals surface area contributed by atoms with E-state index in [0.29, 0.717) is 5.39 Å². The van der Waals surface area contributed by atoms with Crippen LogP contribution in [0.15, 0.2) is 40.4 Å². The van der Waals surface area contributed by atoms with Crippen LogP contribution < -0.4 is 5.14 Å². The van der Waals surface area contributed by atoms with Gasteiger partial charge in [0.05, 0.1) is 4.90 Å². The van der Waals surface area contributed by atoms with Crippen molar-refractivity contribution in [3.8, 4) is 0 Å². The summed E-state index contributed by atoms with van der Waals surface area (Å²) in [5.41, 5.74) is 0. The number of pyridine rings is 1. The molecule has 16 heavy (non-hydrogen) atoms. The fourth-order valence-electron chi connectivity index (χ4n) is 1.49. The summed E-state index contributed by atoms with van der Waals surface area (Å²) in [6.45, 7) is 0. The first-order valence-corrected chi connectivity index (χ1v) is 7.24. The van der Waals surface area contributed by atoms with Gasteiger partial charge < -0.3 is 0 Å². The summed E-state index contributed by atoms with van der Waals surface area (Å²) >= 11 is 1.47. The molecule has 0 spiro atoms. The third-order valence-corrected chi connectivity index (χ3v) is 3.89. The molecule has 0 atom stereocenters. The van der Waals surface area contributed by atoms with Crippen LogP contribution in [0.5, 0.6) is 0 Å². The Kier molecular flexibility index (Phi) is 2.88. The molecule has 0 bridgehead atoms. The predicted molar refractivity (Wildman–Crippen MR) is 64.9 cm³/mol. The maximum atomic E-state index is 11.5. The van der Waals surface area contributed by atoms with Crippen LogP contribution in [0.1, 0.15) is 0 Å². The average molecular weight is 254 g/mol. The van der Waals surface area contributed by atoms with E-state index in [1.54, 1.807) is 18.3 Å². The molecule has 0 amide bonds. The zero-order valence-corrected chi connectivity index (χ0v) is 10.2. The second-order valence-electron chi connectivity index (χ2n) is 3.27. The standard InChI is InChI=1S/C10H10N2O2S2/c1-15-8-4-7-2-3-12-6-9(7)10(5-8)16(11,13)14/h2-6H,1H3,(H2,11,13,14). The highest BCUT2D eigenvalue weighted by molar-refractivity contribution is 7.98. The lowest BCUT2D eigenvalue weighted by Crippen LogP contribution is -2.12. The molecule has 1 heterocycles. The van der Waals surface area contributed by atoms with Gasteiger partial charge >= 0.3 is 0 Å². The Hall–Kier alpha value is -1.11. The third-order valence-electron chi connectivity index (χ3n) is 2.23. The first-order chi connectivity index (χ1) is 7.52. The topological polar surface area (TPSA) is 73.1 Å². The van der Waals surface area contributed by atoms with Crippen LogP contribution in [0.25, 0.3) is 10.8 Å². The quantitative estimate of drug-likeness (QED) is 0.826. The van der Waals surface area contributed by atoms with Crippen molar-refractivity contribution in [1.29, 1.82) is 0 Å². The molecular weight excluding hydrogens is 244 g/mol. The predicted octanol–water partition coefficient (Wildman–Crippen LogP) is 1.60. The number of primary sulfonamides is 1. The van der Waals surface area contributed by atoms with Crippen molar-refractivity contribution in [2.75, 3.05) is 6.26 Å². The van der Waals surface area contributed by atoms with Crippen molar-refractivity contribution in [2.24, 2.45) is 5.14 Å². The Balaban J connectivity index is 2.90. The summed E-state index contributed by atoms with van der Waals surface area (Å²) in [6, 6.07) is 5.25. The van der Waals surface area contributed by atoms with Gasteiger partial charge in [0, 0.05) is 22.7 Å². The van der Waals surface area contributed by atoms with E-state index < -0.39 is 10.0 Å². The fourth-order valence-corrected chi connectivity index (χ4v) is 2.82. The number of aromatic nitrogens is 1. The van der Waals surface area contributed by atoms with E-state index in [-0.39, 0.29) is 4.90 Å². The van der Waals surface area contributed by atoms with E-state index in [4.69, 9.17) is 5.14 Å². The van der Waals surface area contributed by atoms with Crippen LogP contribution in [-0.2, 0) is 10.0 Å². The van der Waals surface area contributed by atoms with Gasteiger partial charge in [0.25, 0.3) is 0 Å². The van der Waals surface area contributed by atoms with Crippen LogP contribution in [0.3, 0.4) is 0 Å². The number of nitrogens with two attached hydrogens (primary N) is 1. The van der Waals surface area contributed by atoms with Crippen LogP contribution in [0.2, 0.25) is 0 Å².